The van der Waals surface area contributed by atoms with Crippen molar-refractivity contribution in [2.45, 2.75) is 19.1 Å². The van der Waals surface area contributed by atoms with Crippen molar-refractivity contribution in [1.82, 2.24) is 5.32 Å². The van der Waals surface area contributed by atoms with E-state index in [9.17, 15) is 53.4 Å². The molecule has 0 fully saturated rings. The molecular formula is C50H44N2O23. The molecule has 25 heteroatoms. The van der Waals surface area contributed by atoms with Crippen molar-refractivity contribution in [3.05, 3.63) is 161 Å². The van der Waals surface area contributed by atoms with Gasteiger partial charge in [-0.1, -0.05) is 24.3 Å². The summed E-state index contributed by atoms with van der Waals surface area (Å²) in [6, 6.07) is 20.8. The van der Waals surface area contributed by atoms with Crippen LogP contribution in [0.2, 0.25) is 0 Å². The first-order valence-electron chi connectivity index (χ1n) is 21.6. The van der Waals surface area contributed by atoms with Crippen LogP contribution in [0.4, 0.5) is 0 Å². The SMILES string of the molecule is CN.CNC(C)=O.O=C(O)c1cc(=O)c2c(OCC(O)COc3cccc4oc(C(=O)O)cc(=O)c34)cccc2o1.O=C(O)c1cc(=O)c2c(OCC(O)COc3cccc4oc(C(=O)O)cc(=O)c34)cccc2o1. The van der Waals surface area contributed by atoms with Gasteiger partial charge in [-0.25, -0.2) is 19.2 Å². The number of hydrogen-bond donors (Lipinski definition) is 8. The fraction of sp³-hybridized carbons (Fsp3) is 0.180. The summed E-state index contributed by atoms with van der Waals surface area (Å²) in [6.07, 6.45) is -2.39. The Balaban J connectivity index is 0.000000247. The van der Waals surface area contributed by atoms with Crippen molar-refractivity contribution in [2.75, 3.05) is 40.5 Å². The fourth-order valence-electron chi connectivity index (χ4n) is 6.46. The van der Waals surface area contributed by atoms with Crippen LogP contribution < -0.4 is 51.7 Å². The Kier molecular flexibility index (Phi) is 19.1. The van der Waals surface area contributed by atoms with E-state index in [1.807, 2.05) is 0 Å². The Labute approximate surface area is 418 Å². The van der Waals surface area contributed by atoms with Crippen molar-refractivity contribution in [3.8, 4) is 23.0 Å². The molecule has 0 aliphatic rings. The molecular weight excluding hydrogens is 997 g/mol. The maximum atomic E-state index is 12.3. The minimum Gasteiger partial charge on any atom is -0.490 e. The van der Waals surface area contributed by atoms with Crippen LogP contribution in [0.5, 0.6) is 23.0 Å². The molecule has 0 atom stereocenters. The Morgan fingerprint density at radius 2 is 0.653 bits per heavy atom. The fourth-order valence-corrected chi connectivity index (χ4v) is 6.46. The van der Waals surface area contributed by atoms with Crippen LogP contribution in [0.25, 0.3) is 43.9 Å². The number of carbonyl (C=O) groups is 5. The smallest absolute Gasteiger partial charge is 0.371 e. The molecule has 9 N–H and O–H groups in total. The van der Waals surface area contributed by atoms with E-state index in [1.165, 1.54) is 86.8 Å². The third-order valence-electron chi connectivity index (χ3n) is 9.79. The van der Waals surface area contributed by atoms with E-state index in [0.717, 1.165) is 24.3 Å². The molecule has 0 aliphatic heterocycles. The Morgan fingerprint density at radius 1 is 0.453 bits per heavy atom. The third kappa shape index (κ3) is 14.2. The molecule has 0 unspecified atom stereocenters. The van der Waals surface area contributed by atoms with Crippen molar-refractivity contribution in [1.29, 1.82) is 0 Å². The second-order valence-corrected chi connectivity index (χ2v) is 15.0. The number of aliphatic hydroxyl groups is 2. The number of aliphatic hydroxyl groups excluding tert-OH is 2. The molecule has 8 rings (SSSR count). The third-order valence-corrected chi connectivity index (χ3v) is 9.79. The van der Waals surface area contributed by atoms with Crippen LogP contribution in [-0.4, -0.2) is 113 Å². The molecule has 4 aromatic carbocycles. The summed E-state index contributed by atoms with van der Waals surface area (Å²) in [5.74, 6) is -7.30. The lowest BCUT2D eigenvalue weighted by Gasteiger charge is -2.15. The number of carbonyl (C=O) groups excluding carboxylic acids is 1. The summed E-state index contributed by atoms with van der Waals surface area (Å²) in [5, 5.41) is 59.1. The first kappa shape index (κ1) is 56.1. The second kappa shape index (κ2) is 25.5. The number of aromatic carboxylic acids is 4. The largest absolute Gasteiger partial charge is 0.490 e. The van der Waals surface area contributed by atoms with E-state index in [4.69, 9.17) is 57.0 Å². The van der Waals surface area contributed by atoms with Gasteiger partial charge in [0.2, 0.25) is 28.9 Å². The Morgan fingerprint density at radius 3 is 0.827 bits per heavy atom. The summed E-state index contributed by atoms with van der Waals surface area (Å²) in [6.45, 7) is 0.257. The standard InChI is InChI=1S/2C23H16O11.C3H7NO.CH5N/c2*24-11(9-31-14-3-1-5-16-20(14)12(25)7-18(33-16)22(27)28)10-32-15-4-2-6-17-21(15)13(26)8-19(34-17)23(29)30;1-3(5)4-2;1-2/h2*1-8,11,24H,9-10H2,(H,27,28)(H,29,30);1-2H3,(H,4,5);2H2,1H3. The van der Waals surface area contributed by atoms with Crippen molar-refractivity contribution >= 4 is 73.7 Å². The van der Waals surface area contributed by atoms with Gasteiger partial charge < -0.3 is 78.3 Å². The minimum atomic E-state index is -1.39. The zero-order chi connectivity index (χ0) is 55.1. The lowest BCUT2D eigenvalue weighted by molar-refractivity contribution is -0.118. The zero-order valence-electron chi connectivity index (χ0n) is 39.4. The van der Waals surface area contributed by atoms with E-state index in [2.05, 4.69) is 11.1 Å². The van der Waals surface area contributed by atoms with Gasteiger partial charge in [0.1, 0.15) is 106 Å². The predicted octanol–water partition coefficient (Wildman–Crippen LogP) is 3.56. The molecule has 4 heterocycles. The van der Waals surface area contributed by atoms with E-state index in [-0.39, 0.29) is 99.2 Å². The molecule has 8 aromatic rings. The van der Waals surface area contributed by atoms with Gasteiger partial charge >= 0.3 is 23.9 Å². The summed E-state index contributed by atoms with van der Waals surface area (Å²) >= 11 is 0. The quantitative estimate of drug-likeness (QED) is 0.0685. The summed E-state index contributed by atoms with van der Waals surface area (Å²) in [7, 11) is 3.10. The molecule has 0 saturated heterocycles. The highest BCUT2D eigenvalue weighted by atomic mass is 16.5. The highest BCUT2D eigenvalue weighted by molar-refractivity contribution is 5.92. The van der Waals surface area contributed by atoms with E-state index >= 15 is 0 Å². The number of carboxylic acids is 4. The molecule has 0 bridgehead atoms. The lowest BCUT2D eigenvalue weighted by Crippen LogP contribution is -2.25. The van der Waals surface area contributed by atoms with Crippen LogP contribution in [0.3, 0.4) is 0 Å². The van der Waals surface area contributed by atoms with Gasteiger partial charge in [-0.2, -0.15) is 0 Å². The predicted molar refractivity (Wildman–Crippen MR) is 262 cm³/mol. The molecule has 75 heavy (non-hydrogen) atoms. The number of fused-ring (bicyclic) bond motifs is 4. The molecule has 4 aromatic heterocycles. The molecule has 0 radical (unpaired) electrons. The van der Waals surface area contributed by atoms with Gasteiger partial charge in [0.25, 0.3) is 0 Å². The summed E-state index contributed by atoms with van der Waals surface area (Å²) in [4.78, 5) is 103. The van der Waals surface area contributed by atoms with Crippen molar-refractivity contribution < 1.29 is 91.2 Å². The molecule has 1 amide bonds. The lowest BCUT2D eigenvalue weighted by atomic mass is 10.2. The van der Waals surface area contributed by atoms with E-state index in [0.29, 0.717) is 0 Å². The Hall–Kier alpha value is -9.85. The highest BCUT2D eigenvalue weighted by Gasteiger charge is 2.20. The number of carboxylic acid groups (broad SMARTS) is 4. The maximum Gasteiger partial charge on any atom is 0.371 e. The molecule has 392 valence electrons. The van der Waals surface area contributed by atoms with Gasteiger partial charge in [0, 0.05) is 38.2 Å². The minimum absolute atomic E-state index is 0.00463. The maximum absolute atomic E-state index is 12.3. The number of amides is 1. The average molecular weight is 1040 g/mol. The number of nitrogens with one attached hydrogen (secondary N) is 1. The number of benzene rings is 4. The summed E-state index contributed by atoms with van der Waals surface area (Å²) in [5.41, 5.74) is 2.05. The number of nitrogens with two attached hydrogens (primary N) is 1. The summed E-state index contributed by atoms with van der Waals surface area (Å²) < 4.78 is 42.8. The van der Waals surface area contributed by atoms with Gasteiger partial charge in [0.05, 0.1) is 0 Å². The van der Waals surface area contributed by atoms with Crippen molar-refractivity contribution in [2.24, 2.45) is 5.73 Å². The van der Waals surface area contributed by atoms with E-state index < -0.39 is 80.8 Å². The highest BCUT2D eigenvalue weighted by Crippen LogP contribution is 2.28. The monoisotopic (exact) mass is 1040 g/mol. The number of hydrogen-bond acceptors (Lipinski definition) is 20. The molecule has 0 aliphatic carbocycles. The van der Waals surface area contributed by atoms with Crippen LogP contribution in [0.1, 0.15) is 49.1 Å². The molecule has 0 spiro atoms. The van der Waals surface area contributed by atoms with Crippen LogP contribution >= 0.6 is 0 Å². The van der Waals surface area contributed by atoms with Gasteiger partial charge in [-0.15, -0.1) is 0 Å². The van der Waals surface area contributed by atoms with E-state index in [1.54, 1.807) is 7.05 Å². The topological polar surface area (TPSA) is 403 Å². The van der Waals surface area contributed by atoms with Crippen LogP contribution in [0, 0.1) is 0 Å². The molecule has 25 nitrogen and oxygen atoms in total. The van der Waals surface area contributed by atoms with Crippen LogP contribution in [0.15, 0.2) is 134 Å². The first-order chi connectivity index (χ1) is 35.8. The van der Waals surface area contributed by atoms with Gasteiger partial charge in [-0.3, -0.25) is 24.0 Å². The normalized spacial score (nSPS) is 10.6. The van der Waals surface area contributed by atoms with Gasteiger partial charge in [0.15, 0.2) is 21.7 Å². The first-order valence-corrected chi connectivity index (χ1v) is 21.6. The number of ether oxygens (including phenoxy) is 4. The Bertz CT molecular complexity index is 3210. The van der Waals surface area contributed by atoms with Gasteiger partial charge in [-0.05, 0) is 55.6 Å². The van der Waals surface area contributed by atoms with Crippen LogP contribution in [-0.2, 0) is 4.79 Å². The second-order valence-electron chi connectivity index (χ2n) is 15.0. The molecule has 0 saturated carbocycles. The van der Waals surface area contributed by atoms with Crippen molar-refractivity contribution in [3.63, 3.8) is 0 Å². The number of rotatable bonds is 16. The average Bonchev–Trinajstić information content (AvgIpc) is 3.38. The zero-order valence-corrected chi connectivity index (χ0v) is 39.4.